The van der Waals surface area contributed by atoms with E-state index in [1.165, 1.54) is 54.6 Å². The number of carbonyl (C=O) groups is 1. The Bertz CT molecular complexity index is 1370. The monoisotopic (exact) mass is 544 g/mol. The minimum atomic E-state index is -4.14. The minimum absolute atomic E-state index is 0.0300. The van der Waals surface area contributed by atoms with Crippen LogP contribution in [0.25, 0.3) is 6.08 Å². The lowest BCUT2D eigenvalue weighted by Crippen LogP contribution is -2.13. The summed E-state index contributed by atoms with van der Waals surface area (Å²) in [6.07, 6.45) is 1.31. The second kappa shape index (κ2) is 11.0. The van der Waals surface area contributed by atoms with E-state index in [4.69, 9.17) is 8.92 Å². The summed E-state index contributed by atoms with van der Waals surface area (Å²) in [5, 5.41) is 12.0. The van der Waals surface area contributed by atoms with Crippen LogP contribution in [0.4, 0.5) is 10.1 Å². The van der Waals surface area contributed by atoms with E-state index in [1.807, 2.05) is 6.07 Å². The molecule has 0 heterocycles. The molecule has 10 heteroatoms. The number of hydrogen-bond acceptors (Lipinski definition) is 6. The van der Waals surface area contributed by atoms with Gasteiger partial charge in [0.25, 0.3) is 5.91 Å². The Labute approximate surface area is 204 Å². The minimum Gasteiger partial charge on any atom is -0.490 e. The number of anilines is 1. The second-order valence-corrected chi connectivity index (χ2v) is 9.15. The van der Waals surface area contributed by atoms with Crippen LogP contribution in [0.3, 0.4) is 0 Å². The van der Waals surface area contributed by atoms with Crippen molar-refractivity contribution in [1.29, 1.82) is 5.26 Å². The largest absolute Gasteiger partial charge is 0.490 e. The lowest BCUT2D eigenvalue weighted by molar-refractivity contribution is -0.112. The van der Waals surface area contributed by atoms with Crippen LogP contribution in [-0.4, -0.2) is 20.9 Å². The van der Waals surface area contributed by atoms with Crippen molar-refractivity contribution in [2.75, 3.05) is 11.9 Å². The smallest absolute Gasteiger partial charge is 0.339 e. The van der Waals surface area contributed by atoms with Gasteiger partial charge in [0.05, 0.1) is 11.1 Å². The summed E-state index contributed by atoms with van der Waals surface area (Å²) in [6, 6.07) is 17.5. The topological polar surface area (TPSA) is 105 Å². The van der Waals surface area contributed by atoms with Crippen molar-refractivity contribution in [3.8, 4) is 17.6 Å². The highest BCUT2D eigenvalue weighted by atomic mass is 79.9. The molecule has 0 aromatic heterocycles. The number of nitrogens with one attached hydrogen (secondary N) is 1. The van der Waals surface area contributed by atoms with Crippen molar-refractivity contribution in [2.45, 2.75) is 11.8 Å². The summed E-state index contributed by atoms with van der Waals surface area (Å²) in [4.78, 5) is 12.5. The van der Waals surface area contributed by atoms with Gasteiger partial charge in [-0.25, -0.2) is 4.39 Å². The molecule has 0 saturated heterocycles. The first kappa shape index (κ1) is 25.0. The SMILES string of the molecule is CCOc1cc(/C=C(\C#N)C(=O)Nc2ccc(F)cc2)cc(Br)c1OS(=O)(=O)c1ccccc1. The molecule has 0 spiro atoms. The quantitative estimate of drug-likeness (QED) is 0.234. The van der Waals surface area contributed by atoms with Gasteiger partial charge in [0.15, 0.2) is 11.5 Å². The van der Waals surface area contributed by atoms with E-state index in [-0.39, 0.29) is 33.0 Å². The van der Waals surface area contributed by atoms with Crippen LogP contribution in [0.1, 0.15) is 12.5 Å². The van der Waals surface area contributed by atoms with Crippen molar-refractivity contribution >= 4 is 43.7 Å². The first-order valence-corrected chi connectivity index (χ1v) is 12.1. The van der Waals surface area contributed by atoms with E-state index in [0.29, 0.717) is 11.3 Å². The Kier molecular flexibility index (Phi) is 8.04. The van der Waals surface area contributed by atoms with E-state index in [9.17, 15) is 22.9 Å². The number of amides is 1. The summed E-state index contributed by atoms with van der Waals surface area (Å²) in [7, 11) is -4.14. The third-order valence-electron chi connectivity index (χ3n) is 4.33. The summed E-state index contributed by atoms with van der Waals surface area (Å²) in [5.41, 5.74) is 0.466. The van der Waals surface area contributed by atoms with Gasteiger partial charge in [-0.1, -0.05) is 18.2 Å². The fraction of sp³-hybridized carbons (Fsp3) is 0.0833. The van der Waals surface area contributed by atoms with Crippen LogP contribution < -0.4 is 14.2 Å². The Balaban J connectivity index is 1.93. The van der Waals surface area contributed by atoms with Crippen LogP contribution in [0.5, 0.6) is 11.5 Å². The lowest BCUT2D eigenvalue weighted by Gasteiger charge is -2.14. The number of nitrogens with zero attached hydrogens (tertiary/aromatic N) is 1. The molecule has 0 aliphatic rings. The summed E-state index contributed by atoms with van der Waals surface area (Å²) < 4.78 is 49.5. The van der Waals surface area contributed by atoms with Gasteiger partial charge in [-0.05, 0) is 83.0 Å². The van der Waals surface area contributed by atoms with Gasteiger partial charge in [-0.2, -0.15) is 13.7 Å². The highest BCUT2D eigenvalue weighted by molar-refractivity contribution is 9.10. The number of ether oxygens (including phenoxy) is 1. The molecule has 3 aromatic carbocycles. The van der Waals surface area contributed by atoms with Crippen molar-refractivity contribution in [2.24, 2.45) is 0 Å². The summed E-state index contributed by atoms with van der Waals surface area (Å²) >= 11 is 3.28. The molecule has 0 aliphatic heterocycles. The van der Waals surface area contributed by atoms with Gasteiger partial charge in [-0.3, -0.25) is 4.79 Å². The van der Waals surface area contributed by atoms with Crippen LogP contribution >= 0.6 is 15.9 Å². The van der Waals surface area contributed by atoms with E-state index in [1.54, 1.807) is 25.1 Å². The number of halogens is 2. The predicted octanol–water partition coefficient (Wildman–Crippen LogP) is 5.30. The molecule has 1 amide bonds. The molecule has 174 valence electrons. The number of rotatable bonds is 8. The van der Waals surface area contributed by atoms with Crippen LogP contribution in [0, 0.1) is 17.1 Å². The fourth-order valence-corrected chi connectivity index (χ4v) is 4.43. The second-order valence-electron chi connectivity index (χ2n) is 6.74. The highest BCUT2D eigenvalue weighted by Gasteiger charge is 2.22. The molecule has 0 saturated carbocycles. The van der Waals surface area contributed by atoms with Crippen molar-refractivity contribution < 1.29 is 26.5 Å². The van der Waals surface area contributed by atoms with Crippen LogP contribution in [0.2, 0.25) is 0 Å². The van der Waals surface area contributed by atoms with E-state index >= 15 is 0 Å². The van der Waals surface area contributed by atoms with Gasteiger partial charge in [0.2, 0.25) is 0 Å². The molecule has 0 fully saturated rings. The molecular weight excluding hydrogens is 527 g/mol. The molecular formula is C24H18BrFN2O5S. The Hall–Kier alpha value is -3.68. The molecule has 0 aliphatic carbocycles. The number of hydrogen-bond donors (Lipinski definition) is 1. The average Bonchev–Trinajstić information content (AvgIpc) is 2.82. The number of benzene rings is 3. The zero-order chi connectivity index (χ0) is 24.7. The maximum Gasteiger partial charge on any atom is 0.339 e. The normalized spacial score (nSPS) is 11.4. The zero-order valence-electron chi connectivity index (χ0n) is 17.8. The molecule has 0 atom stereocenters. The molecule has 0 radical (unpaired) electrons. The fourth-order valence-electron chi connectivity index (χ4n) is 2.81. The Morgan fingerprint density at radius 3 is 2.44 bits per heavy atom. The standard InChI is InChI=1S/C24H18BrFN2O5S/c1-2-32-22-14-16(12-17(15-27)24(29)28-19-10-8-18(26)9-11-19)13-21(25)23(22)33-34(30,31)20-6-4-3-5-7-20/h3-14H,2H2,1H3,(H,28,29)/b17-12+. The third-order valence-corrected chi connectivity index (χ3v) is 6.16. The van der Waals surface area contributed by atoms with Crippen LogP contribution in [0.15, 0.2) is 81.7 Å². The Morgan fingerprint density at radius 2 is 1.82 bits per heavy atom. The molecule has 34 heavy (non-hydrogen) atoms. The maximum absolute atomic E-state index is 13.1. The van der Waals surface area contributed by atoms with Crippen molar-refractivity contribution in [3.63, 3.8) is 0 Å². The first-order valence-electron chi connectivity index (χ1n) is 9.88. The molecule has 7 nitrogen and oxygen atoms in total. The molecule has 0 bridgehead atoms. The number of nitriles is 1. The van der Waals surface area contributed by atoms with E-state index in [2.05, 4.69) is 21.2 Å². The van der Waals surface area contributed by atoms with Crippen LogP contribution in [-0.2, 0) is 14.9 Å². The zero-order valence-corrected chi connectivity index (χ0v) is 20.2. The van der Waals surface area contributed by atoms with Gasteiger partial charge < -0.3 is 14.2 Å². The third kappa shape index (κ3) is 6.21. The van der Waals surface area contributed by atoms with Gasteiger partial charge in [0.1, 0.15) is 22.4 Å². The van der Waals surface area contributed by atoms with Gasteiger partial charge in [0, 0.05) is 5.69 Å². The number of carbonyl (C=O) groups excluding carboxylic acids is 1. The molecule has 3 rings (SSSR count). The van der Waals surface area contributed by atoms with Gasteiger partial charge >= 0.3 is 10.1 Å². The van der Waals surface area contributed by atoms with E-state index in [0.717, 1.165) is 0 Å². The van der Waals surface area contributed by atoms with Crippen molar-refractivity contribution in [3.05, 3.63) is 88.2 Å². The van der Waals surface area contributed by atoms with Gasteiger partial charge in [-0.15, -0.1) is 0 Å². The molecule has 0 unspecified atom stereocenters. The Morgan fingerprint density at radius 1 is 1.15 bits per heavy atom. The van der Waals surface area contributed by atoms with Crippen molar-refractivity contribution in [1.82, 2.24) is 0 Å². The average molecular weight is 545 g/mol. The van der Waals surface area contributed by atoms with E-state index < -0.39 is 21.8 Å². The summed E-state index contributed by atoms with van der Waals surface area (Å²) in [6.45, 7) is 1.92. The maximum atomic E-state index is 13.1. The molecule has 1 N–H and O–H groups in total. The molecule has 3 aromatic rings. The first-order chi connectivity index (χ1) is 16.2. The summed E-state index contributed by atoms with van der Waals surface area (Å²) in [5.74, 6) is -1.13. The lowest BCUT2D eigenvalue weighted by atomic mass is 10.1. The predicted molar refractivity (Wildman–Crippen MR) is 128 cm³/mol. The highest BCUT2D eigenvalue weighted by Crippen LogP contribution is 2.39.